The average Bonchev–Trinajstić information content (AvgIpc) is 1.36. The number of methoxy groups -OCH3 is 4. The van der Waals surface area contributed by atoms with Crippen molar-refractivity contribution in [3.05, 3.63) is 151 Å². The number of aromatic nitrogens is 12. The summed E-state index contributed by atoms with van der Waals surface area (Å²) >= 11 is 33.5. The number of hydrogen-bond acceptors (Lipinski definition) is 36. The van der Waals surface area contributed by atoms with Crippen LogP contribution in [0.4, 0.5) is 117 Å². The molecule has 6 heterocycles. The molecule has 135 heavy (non-hydrogen) atoms. The Labute approximate surface area is 825 Å². The normalized spacial score (nSPS) is 12.8. The van der Waals surface area contributed by atoms with Gasteiger partial charge in [-0.3, -0.25) is 21.3 Å². The topological polar surface area (TPSA) is 536 Å². The molecule has 5 amide bonds. The van der Waals surface area contributed by atoms with Crippen molar-refractivity contribution >= 4 is 205 Å². The Balaban J connectivity index is 0.000000545. The summed E-state index contributed by atoms with van der Waals surface area (Å²) in [6, 6.07) is 27.2. The van der Waals surface area contributed by atoms with Crippen molar-refractivity contribution in [2.45, 2.75) is 156 Å². The lowest BCUT2D eigenvalue weighted by Gasteiger charge is -2.27. The Kier molecular flexibility index (Phi) is 51.4. The van der Waals surface area contributed by atoms with E-state index in [0.29, 0.717) is 87.2 Å². The van der Waals surface area contributed by atoms with Crippen LogP contribution in [0.1, 0.15) is 131 Å². The molecule has 0 aliphatic carbocycles. The number of benzene rings is 5. The summed E-state index contributed by atoms with van der Waals surface area (Å²) in [6.07, 6.45) is -0.483. The predicted octanol–water partition coefficient (Wildman–Crippen LogP) is 19.2. The quantitative estimate of drug-likeness (QED) is 0.0155. The zero-order chi connectivity index (χ0) is 99.8. The van der Waals surface area contributed by atoms with E-state index in [1.54, 1.807) is 53.4 Å². The summed E-state index contributed by atoms with van der Waals surface area (Å²) in [5, 5.41) is 37.8. The van der Waals surface area contributed by atoms with Crippen LogP contribution < -0.4 is 85.6 Å². The molecular formula is C87H130Cl7N29O12. The number of nitrogen functional groups attached to an aromatic ring is 2. The molecule has 0 unspecified atom stereocenters. The lowest BCUT2D eigenvalue weighted by Crippen LogP contribution is -2.36. The molecule has 0 spiro atoms. The molecule has 48 heteroatoms. The molecule has 0 radical (unpaired) electrons. The third kappa shape index (κ3) is 48.5. The Morgan fingerprint density at radius 2 is 0.837 bits per heavy atom. The van der Waals surface area contributed by atoms with E-state index in [1.807, 2.05) is 129 Å². The van der Waals surface area contributed by atoms with Crippen molar-refractivity contribution < 1.29 is 57.9 Å². The molecule has 5 aromatic carbocycles. The van der Waals surface area contributed by atoms with Crippen LogP contribution in [-0.4, -0.2) is 214 Å². The number of halogens is 7. The van der Waals surface area contributed by atoms with Crippen LogP contribution in [0.25, 0.3) is 0 Å². The zero-order valence-corrected chi connectivity index (χ0v) is 85.1. The molecule has 2 aliphatic heterocycles. The Morgan fingerprint density at radius 3 is 1.18 bits per heavy atom. The van der Waals surface area contributed by atoms with E-state index >= 15 is 0 Å². The maximum atomic E-state index is 11.6. The SMILES string of the molecule is C.CC(C)(C)OC(=O)N1CC[C@@H](N)C1.CNCC(C)(C)C.COC(=O)Nc1ccc(C)c(N)c1.COC(=O)Nc1ccc(C)c(Nc2nc(Cl)nc(Cl)n2)c1.COC(=O)Nc1ccc(C)c(Nc2nc(Cl)nc(N(C)CC(C)(C)C)n2)c1.COC(=O)Nc1ccc(C)c(Nc2nc(N[C@@H]3CCNC3)nc(N(C)CC(C)(C)C)n2)c1.Cc1ccc(N)cc1NOO.Cl.Clc1nc(Cl)nc(Cl)n1. The molecule has 41 nitrogen and oxygen atoms in total. The number of nitrogens with one attached hydrogen (secondary N) is 11. The number of carbonyl (C=O) groups is 5. The lowest BCUT2D eigenvalue weighted by molar-refractivity contribution is -0.215. The molecule has 2 aliphatic rings. The van der Waals surface area contributed by atoms with Gasteiger partial charge in [0.2, 0.25) is 67.4 Å². The van der Waals surface area contributed by atoms with Crippen LogP contribution in [-0.2, 0) is 28.7 Å². The fourth-order valence-corrected chi connectivity index (χ4v) is 12.4. The third-order valence-corrected chi connectivity index (χ3v) is 18.3. The van der Waals surface area contributed by atoms with E-state index in [2.05, 4.69) is 205 Å². The molecule has 11 rings (SSSR count). The van der Waals surface area contributed by atoms with Gasteiger partial charge in [0.05, 0.1) is 34.1 Å². The van der Waals surface area contributed by atoms with Gasteiger partial charge < -0.3 is 87.5 Å². The number of carbonyl (C=O) groups excluding carboxylic acids is 5. The van der Waals surface area contributed by atoms with Gasteiger partial charge in [-0.1, -0.05) is 100 Å². The van der Waals surface area contributed by atoms with Gasteiger partial charge in [-0.15, -0.1) is 17.4 Å². The number of hydrogen-bond donors (Lipinski definition) is 15. The Hall–Kier alpha value is -11.5. The first kappa shape index (κ1) is 120. The van der Waals surface area contributed by atoms with E-state index in [9.17, 15) is 24.0 Å². The first-order valence-corrected chi connectivity index (χ1v) is 43.5. The number of likely N-dealkylation sites (tertiary alicyclic amines) is 1. The molecule has 2 saturated heterocycles. The minimum atomic E-state index is -0.559. The van der Waals surface area contributed by atoms with Gasteiger partial charge in [-0.2, -0.15) is 59.8 Å². The molecule has 18 N–H and O–H groups in total. The zero-order valence-electron chi connectivity index (χ0n) is 79.7. The Bertz CT molecular complexity index is 5180. The maximum Gasteiger partial charge on any atom is 0.411 e. The summed E-state index contributed by atoms with van der Waals surface area (Å²) in [4.78, 5) is 114. The number of anilines is 16. The predicted molar refractivity (Wildman–Crippen MR) is 543 cm³/mol. The molecule has 2 atom stereocenters. The van der Waals surface area contributed by atoms with Gasteiger partial charge in [0, 0.05) is 110 Å². The summed E-state index contributed by atoms with van der Waals surface area (Å²) in [5.41, 5.74) is 30.6. The van der Waals surface area contributed by atoms with Gasteiger partial charge in [-0.05, 0) is 263 Å². The number of aryl methyl sites for hydroxylation is 5. The molecule has 4 aromatic heterocycles. The summed E-state index contributed by atoms with van der Waals surface area (Å²) in [5.74, 6) is 2.57. The third-order valence-electron chi connectivity index (χ3n) is 17.3. The van der Waals surface area contributed by atoms with Crippen molar-refractivity contribution in [3.63, 3.8) is 0 Å². The molecule has 0 saturated carbocycles. The van der Waals surface area contributed by atoms with Crippen molar-refractivity contribution in [3.8, 4) is 0 Å². The fourth-order valence-electron chi connectivity index (χ4n) is 11.3. The van der Waals surface area contributed by atoms with E-state index in [4.69, 9.17) is 96.8 Å². The van der Waals surface area contributed by atoms with Gasteiger partial charge >= 0.3 is 30.5 Å². The summed E-state index contributed by atoms with van der Waals surface area (Å²) in [6.45, 7) is 40.5. The van der Waals surface area contributed by atoms with Gasteiger partial charge in [-0.25, -0.2) is 34.7 Å². The molecule has 0 bridgehead atoms. The highest BCUT2D eigenvalue weighted by Gasteiger charge is 2.29. The molecular weight excluding hydrogens is 1890 g/mol. The largest absolute Gasteiger partial charge is 0.453 e. The second kappa shape index (κ2) is 58.1. The highest BCUT2D eigenvalue weighted by Crippen LogP contribution is 2.31. The second-order valence-electron chi connectivity index (χ2n) is 34.4. The number of amides is 5. The molecule has 9 aromatic rings. The average molecular weight is 2020 g/mol. The van der Waals surface area contributed by atoms with Crippen LogP contribution in [0, 0.1) is 50.9 Å². The van der Waals surface area contributed by atoms with Crippen LogP contribution in [0.5, 0.6) is 0 Å². The second-order valence-corrected chi connectivity index (χ2v) is 36.4. The molecule has 744 valence electrons. The first-order chi connectivity index (χ1) is 62.2. The van der Waals surface area contributed by atoms with Crippen molar-refractivity contribution in [1.82, 2.24) is 75.3 Å². The number of nitrogens with two attached hydrogens (primary N) is 3. The van der Waals surface area contributed by atoms with E-state index in [-0.39, 0.29) is 86.5 Å². The number of rotatable bonds is 19. The standard InChI is InChI=1S/C22H34N8O2.C18H25ClN6O2.C12H11Cl2N5O2.C9H18N2O2.C9H12N2O2.C7H10N2O2.C6H15N.C3Cl3N3.CH4.ClH/c1-14-7-8-15(25-21(31)32-6)11-17(14)26-19-27-18(24-16-9-10-23-12-16)28-20(29-19)30(5)13-22(2,3)4;1-11-7-8-12(20-17(26)27-6)9-13(11)21-15-22-14(19)23-16(24-15)25(5)10-18(2,3)4;1-6-3-4-7(15-12(20)21-2)5-8(6)16-11-18-9(13)17-10(14)19-11;1-9(2,3)13-8(12)11-5-4-7(10)6-11;1-6-3-4-7(5-8(6)10)11-9(12)13-2;1-5-2-3-6(8)4-7(5)9-11-10;1-6(2,3)5-7-4;4-1-7-2(5)9-3(6)8-1;;/h7-8,11,16,23H,9-10,12-13H2,1-6H3,(H,25,31)(H2,24,26,27,28,29);7-9H,10H2,1-6H3,(H,20,26)(H,21,22,23,24);3-5H,1-2H3,(H,15,20)(H,16,17,18,19);7H,4-6,10H2,1-3H3;3-5H,10H2,1-2H3,(H,11,12);2-4,9-10H,8H2,1H3;7H,5H2,1-4H3;;1H4;1H/t16-;;;7-;;;;;;/m1..1....../s1. The van der Waals surface area contributed by atoms with Gasteiger partial charge in [0.1, 0.15) is 5.60 Å². The van der Waals surface area contributed by atoms with Crippen LogP contribution in [0.2, 0.25) is 31.7 Å². The first-order valence-electron chi connectivity index (χ1n) is 41.2. The van der Waals surface area contributed by atoms with Crippen LogP contribution >= 0.6 is 82.0 Å². The number of ether oxygens (including phenoxy) is 5. The lowest BCUT2D eigenvalue weighted by atomic mass is 9.96. The number of nitrogens with zero attached hydrogens (tertiary/aromatic N) is 15. The fraction of sp³-hybridized carbons (Fsp3) is 0.460. The minimum absolute atomic E-state index is 0. The van der Waals surface area contributed by atoms with Crippen molar-refractivity contribution in [2.75, 3.05) is 165 Å². The van der Waals surface area contributed by atoms with Gasteiger partial charge in [0.15, 0.2) is 0 Å². The molecule has 2 fully saturated rings. The maximum absolute atomic E-state index is 11.6. The van der Waals surface area contributed by atoms with Crippen molar-refractivity contribution in [1.29, 1.82) is 0 Å². The van der Waals surface area contributed by atoms with E-state index in [0.717, 1.165) is 91.3 Å². The Morgan fingerprint density at radius 1 is 0.481 bits per heavy atom. The highest BCUT2D eigenvalue weighted by molar-refractivity contribution is 6.33. The van der Waals surface area contributed by atoms with E-state index < -0.39 is 30.0 Å². The van der Waals surface area contributed by atoms with Crippen molar-refractivity contribution in [2.24, 2.45) is 22.0 Å². The van der Waals surface area contributed by atoms with Crippen LogP contribution in [0.15, 0.2) is 91.0 Å². The monoisotopic (exact) mass is 2020 g/mol. The summed E-state index contributed by atoms with van der Waals surface area (Å²) < 4.78 is 23.5. The summed E-state index contributed by atoms with van der Waals surface area (Å²) in [7, 11) is 11.1. The highest BCUT2D eigenvalue weighted by atomic mass is 35.5. The minimum Gasteiger partial charge on any atom is -0.453 e. The van der Waals surface area contributed by atoms with Gasteiger partial charge in [0.25, 0.3) is 0 Å². The van der Waals surface area contributed by atoms with E-state index in [1.165, 1.54) is 28.4 Å². The smallest absolute Gasteiger partial charge is 0.411 e. The van der Waals surface area contributed by atoms with Crippen LogP contribution in [0.3, 0.4) is 0 Å².